The third-order valence-corrected chi connectivity index (χ3v) is 3.52. The molecular formula is C13H17ClN2O. The molecule has 4 heteroatoms. The normalized spacial score (nSPS) is 16.1. The van der Waals surface area contributed by atoms with E-state index in [-0.39, 0.29) is 5.91 Å². The Morgan fingerprint density at radius 3 is 2.82 bits per heavy atom. The maximum absolute atomic E-state index is 11.9. The van der Waals surface area contributed by atoms with Crippen LogP contribution in [0.3, 0.4) is 0 Å². The second-order valence-electron chi connectivity index (χ2n) is 4.59. The highest BCUT2D eigenvalue weighted by atomic mass is 35.5. The number of rotatable bonds is 3. The number of nitrogens with two attached hydrogens (primary N) is 1. The predicted octanol–water partition coefficient (Wildman–Crippen LogP) is 2.84. The minimum Gasteiger partial charge on any atom is -0.398 e. The SMILES string of the molecule is Nc1ccc(Cl)cc1C(=O)NCC1CCCC1. The summed E-state index contributed by atoms with van der Waals surface area (Å²) in [5.74, 6) is 0.497. The maximum Gasteiger partial charge on any atom is 0.253 e. The number of carbonyl (C=O) groups is 1. The molecule has 1 saturated carbocycles. The predicted molar refractivity (Wildman–Crippen MR) is 70.2 cm³/mol. The number of nitrogens with one attached hydrogen (secondary N) is 1. The number of halogens is 1. The first-order valence-electron chi connectivity index (χ1n) is 6.00. The quantitative estimate of drug-likeness (QED) is 0.813. The molecule has 0 saturated heterocycles. The van der Waals surface area contributed by atoms with Gasteiger partial charge in [-0.1, -0.05) is 24.4 Å². The van der Waals surface area contributed by atoms with Crippen LogP contribution < -0.4 is 11.1 Å². The van der Waals surface area contributed by atoms with Gasteiger partial charge in [-0.3, -0.25) is 4.79 Å². The van der Waals surface area contributed by atoms with E-state index in [0.717, 1.165) is 6.54 Å². The van der Waals surface area contributed by atoms with Gasteiger partial charge in [0.1, 0.15) is 0 Å². The molecule has 0 unspecified atom stereocenters. The summed E-state index contributed by atoms with van der Waals surface area (Å²) in [4.78, 5) is 11.9. The first-order valence-corrected chi connectivity index (χ1v) is 6.38. The van der Waals surface area contributed by atoms with Gasteiger partial charge in [0.2, 0.25) is 0 Å². The van der Waals surface area contributed by atoms with Crippen LogP contribution in [0.1, 0.15) is 36.0 Å². The van der Waals surface area contributed by atoms with Crippen LogP contribution in [-0.4, -0.2) is 12.5 Å². The van der Waals surface area contributed by atoms with Crippen LogP contribution in [0.15, 0.2) is 18.2 Å². The van der Waals surface area contributed by atoms with Crippen LogP contribution in [-0.2, 0) is 0 Å². The number of benzene rings is 1. The number of carbonyl (C=O) groups excluding carboxylic acids is 1. The maximum atomic E-state index is 11.9. The molecule has 3 nitrogen and oxygen atoms in total. The van der Waals surface area contributed by atoms with Crippen molar-refractivity contribution in [2.75, 3.05) is 12.3 Å². The molecule has 1 fully saturated rings. The third-order valence-electron chi connectivity index (χ3n) is 3.29. The molecule has 3 N–H and O–H groups in total. The van der Waals surface area contributed by atoms with Crippen molar-refractivity contribution in [1.29, 1.82) is 0 Å². The van der Waals surface area contributed by atoms with Crippen LogP contribution >= 0.6 is 11.6 Å². The molecule has 0 radical (unpaired) electrons. The highest BCUT2D eigenvalue weighted by molar-refractivity contribution is 6.31. The van der Waals surface area contributed by atoms with Crippen molar-refractivity contribution in [2.24, 2.45) is 5.92 Å². The van der Waals surface area contributed by atoms with E-state index in [9.17, 15) is 4.79 Å². The van der Waals surface area contributed by atoms with Crippen LogP contribution in [0, 0.1) is 5.92 Å². The van der Waals surface area contributed by atoms with E-state index >= 15 is 0 Å². The van der Waals surface area contributed by atoms with Crippen molar-refractivity contribution in [1.82, 2.24) is 5.32 Å². The molecule has 2 rings (SSSR count). The summed E-state index contributed by atoms with van der Waals surface area (Å²) < 4.78 is 0. The fourth-order valence-corrected chi connectivity index (χ4v) is 2.44. The lowest BCUT2D eigenvalue weighted by Gasteiger charge is -2.11. The molecule has 17 heavy (non-hydrogen) atoms. The summed E-state index contributed by atoms with van der Waals surface area (Å²) in [5, 5.41) is 3.46. The van der Waals surface area contributed by atoms with Crippen molar-refractivity contribution in [3.63, 3.8) is 0 Å². The van der Waals surface area contributed by atoms with Crippen LogP contribution in [0.25, 0.3) is 0 Å². The summed E-state index contributed by atoms with van der Waals surface area (Å²) in [6.07, 6.45) is 4.98. The van der Waals surface area contributed by atoms with Gasteiger partial charge in [-0.25, -0.2) is 0 Å². The van der Waals surface area contributed by atoms with Crippen molar-refractivity contribution >= 4 is 23.2 Å². The third kappa shape index (κ3) is 3.13. The highest BCUT2D eigenvalue weighted by Gasteiger charge is 2.17. The Hall–Kier alpha value is -1.22. The average molecular weight is 253 g/mol. The van der Waals surface area contributed by atoms with Crippen molar-refractivity contribution in [3.05, 3.63) is 28.8 Å². The van der Waals surface area contributed by atoms with Crippen LogP contribution in [0.4, 0.5) is 5.69 Å². The number of amides is 1. The standard InChI is InChI=1S/C13H17ClN2O/c14-10-5-6-12(15)11(7-10)13(17)16-8-9-3-1-2-4-9/h5-7,9H,1-4,8,15H2,(H,16,17). The molecule has 1 aromatic carbocycles. The van der Waals surface area contributed by atoms with E-state index in [4.69, 9.17) is 17.3 Å². The van der Waals surface area contributed by atoms with E-state index < -0.39 is 0 Å². The Labute approximate surface area is 106 Å². The molecule has 0 heterocycles. The molecule has 0 aliphatic heterocycles. The minimum atomic E-state index is -0.128. The molecule has 0 spiro atoms. The molecule has 0 atom stereocenters. The lowest BCUT2D eigenvalue weighted by Crippen LogP contribution is -2.28. The van der Waals surface area contributed by atoms with Gasteiger partial charge in [0, 0.05) is 17.3 Å². The highest BCUT2D eigenvalue weighted by Crippen LogP contribution is 2.24. The zero-order valence-corrected chi connectivity index (χ0v) is 10.5. The van der Waals surface area contributed by atoms with Gasteiger partial charge in [0.05, 0.1) is 5.56 Å². The number of nitrogen functional groups attached to an aromatic ring is 1. The molecule has 0 aromatic heterocycles. The second kappa shape index (κ2) is 5.41. The van der Waals surface area contributed by atoms with E-state index in [2.05, 4.69) is 5.32 Å². The average Bonchev–Trinajstić information content (AvgIpc) is 2.82. The summed E-state index contributed by atoms with van der Waals surface area (Å²) in [6, 6.07) is 4.96. The molecule has 1 aromatic rings. The van der Waals surface area contributed by atoms with Gasteiger partial charge < -0.3 is 11.1 Å². The van der Waals surface area contributed by atoms with E-state index in [1.54, 1.807) is 18.2 Å². The Morgan fingerprint density at radius 1 is 1.41 bits per heavy atom. The van der Waals surface area contributed by atoms with Crippen LogP contribution in [0.5, 0.6) is 0 Å². The zero-order chi connectivity index (χ0) is 12.3. The summed E-state index contributed by atoms with van der Waals surface area (Å²) in [6.45, 7) is 0.741. The summed E-state index contributed by atoms with van der Waals surface area (Å²) >= 11 is 5.85. The van der Waals surface area contributed by atoms with Gasteiger partial charge in [-0.15, -0.1) is 0 Å². The molecule has 92 valence electrons. The fourth-order valence-electron chi connectivity index (χ4n) is 2.27. The number of anilines is 1. The van der Waals surface area contributed by atoms with E-state index in [1.807, 2.05) is 0 Å². The number of hydrogen-bond acceptors (Lipinski definition) is 2. The fraction of sp³-hybridized carbons (Fsp3) is 0.462. The topological polar surface area (TPSA) is 55.1 Å². The van der Waals surface area contributed by atoms with Gasteiger partial charge in [0.25, 0.3) is 5.91 Å². The lowest BCUT2D eigenvalue weighted by atomic mass is 10.1. The van der Waals surface area contributed by atoms with Crippen molar-refractivity contribution in [2.45, 2.75) is 25.7 Å². The van der Waals surface area contributed by atoms with E-state index in [0.29, 0.717) is 22.2 Å². The molecule has 1 aliphatic carbocycles. The Kier molecular flexibility index (Phi) is 3.89. The van der Waals surface area contributed by atoms with Gasteiger partial charge in [0.15, 0.2) is 0 Å². The van der Waals surface area contributed by atoms with E-state index in [1.165, 1.54) is 25.7 Å². The minimum absolute atomic E-state index is 0.128. The monoisotopic (exact) mass is 252 g/mol. The van der Waals surface area contributed by atoms with Crippen molar-refractivity contribution in [3.8, 4) is 0 Å². The molecule has 1 amide bonds. The number of hydrogen-bond donors (Lipinski definition) is 2. The summed E-state index contributed by atoms with van der Waals surface area (Å²) in [5.41, 5.74) is 6.69. The molecule has 1 aliphatic rings. The largest absolute Gasteiger partial charge is 0.398 e. The summed E-state index contributed by atoms with van der Waals surface area (Å²) in [7, 11) is 0. The smallest absolute Gasteiger partial charge is 0.253 e. The Bertz CT molecular complexity index is 414. The van der Waals surface area contributed by atoms with Gasteiger partial charge in [-0.05, 0) is 37.0 Å². The molecule has 0 bridgehead atoms. The zero-order valence-electron chi connectivity index (χ0n) is 9.71. The lowest BCUT2D eigenvalue weighted by molar-refractivity contribution is 0.0948. The first kappa shape index (κ1) is 12.2. The van der Waals surface area contributed by atoms with Gasteiger partial charge >= 0.3 is 0 Å². The second-order valence-corrected chi connectivity index (χ2v) is 5.03. The van der Waals surface area contributed by atoms with Crippen molar-refractivity contribution < 1.29 is 4.79 Å². The first-order chi connectivity index (χ1) is 8.16. The van der Waals surface area contributed by atoms with Crippen LogP contribution in [0.2, 0.25) is 5.02 Å². The Balaban J connectivity index is 1.96. The van der Waals surface area contributed by atoms with Gasteiger partial charge in [-0.2, -0.15) is 0 Å². The Morgan fingerprint density at radius 2 is 2.12 bits per heavy atom. The molecular weight excluding hydrogens is 236 g/mol.